The molecule has 1 unspecified atom stereocenters. The van der Waals surface area contributed by atoms with Crippen LogP contribution in [-0.2, 0) is 9.84 Å². The Labute approximate surface area is 97.2 Å². The molecule has 0 radical (unpaired) electrons. The van der Waals surface area contributed by atoms with Gasteiger partial charge in [-0.05, 0) is 19.3 Å². The van der Waals surface area contributed by atoms with Crippen molar-refractivity contribution in [1.29, 1.82) is 0 Å². The molecule has 4 nitrogen and oxygen atoms in total. The zero-order valence-electron chi connectivity index (χ0n) is 9.56. The normalized spacial score (nSPS) is 31.8. The summed E-state index contributed by atoms with van der Waals surface area (Å²) >= 11 is 0. The Hall–Kier alpha value is -0.580. The Bertz CT molecular complexity index is 369. The van der Waals surface area contributed by atoms with E-state index in [1.807, 2.05) is 0 Å². The highest BCUT2D eigenvalue weighted by molar-refractivity contribution is 7.91. The molecule has 0 amide bonds. The molecule has 2 fully saturated rings. The molecule has 1 heterocycles. The van der Waals surface area contributed by atoms with Crippen LogP contribution in [0.15, 0.2) is 4.99 Å². The summed E-state index contributed by atoms with van der Waals surface area (Å²) in [6, 6.07) is -0.0769. The summed E-state index contributed by atoms with van der Waals surface area (Å²) in [7, 11) is -2.83. The van der Waals surface area contributed by atoms with Crippen LogP contribution in [0.1, 0.15) is 38.5 Å². The van der Waals surface area contributed by atoms with E-state index in [0.29, 0.717) is 18.2 Å². The summed E-state index contributed by atoms with van der Waals surface area (Å²) in [5, 5.41) is 0. The minimum atomic E-state index is -2.83. The maximum absolute atomic E-state index is 11.3. The molecular weight excluding hydrogens is 224 g/mol. The molecule has 92 valence electrons. The molecule has 2 N–H and O–H groups in total. The average Bonchev–Trinajstić information content (AvgIpc) is 2.59. The monoisotopic (exact) mass is 244 g/mol. The number of aliphatic imine (C=N–C) groups is 1. The van der Waals surface area contributed by atoms with Crippen LogP contribution in [0.5, 0.6) is 0 Å². The van der Waals surface area contributed by atoms with Gasteiger partial charge in [0.15, 0.2) is 9.84 Å². The largest absolute Gasteiger partial charge is 0.387 e. The Balaban J connectivity index is 1.96. The van der Waals surface area contributed by atoms with Crippen molar-refractivity contribution in [3.05, 3.63) is 0 Å². The second-order valence-corrected chi connectivity index (χ2v) is 7.17. The zero-order valence-corrected chi connectivity index (χ0v) is 10.4. The summed E-state index contributed by atoms with van der Waals surface area (Å²) in [4.78, 5) is 4.41. The molecule has 0 spiro atoms. The van der Waals surface area contributed by atoms with Crippen molar-refractivity contribution in [2.45, 2.75) is 44.6 Å². The molecule has 0 bridgehead atoms. The Morgan fingerprint density at radius 1 is 1.12 bits per heavy atom. The third-order valence-corrected chi connectivity index (χ3v) is 5.31. The number of nitrogens with two attached hydrogens (primary N) is 1. The highest BCUT2D eigenvalue weighted by atomic mass is 32.2. The highest BCUT2D eigenvalue weighted by Gasteiger charge is 2.28. The van der Waals surface area contributed by atoms with Crippen molar-refractivity contribution in [2.75, 3.05) is 11.5 Å². The number of hydrogen-bond acceptors (Lipinski definition) is 3. The Morgan fingerprint density at radius 2 is 1.81 bits per heavy atom. The fourth-order valence-electron chi connectivity index (χ4n) is 2.59. The second-order valence-electron chi connectivity index (χ2n) is 4.95. The van der Waals surface area contributed by atoms with Gasteiger partial charge in [-0.3, -0.25) is 4.99 Å². The standard InChI is InChI=1S/C11H20N2O2S/c12-11(9-4-2-1-3-5-9)13-10-6-7-16(14,15)8-10/h9-10H,1-8H2,(H2,12,13). The second kappa shape index (κ2) is 4.73. The van der Waals surface area contributed by atoms with Crippen molar-refractivity contribution >= 4 is 15.7 Å². The van der Waals surface area contributed by atoms with Crippen LogP contribution < -0.4 is 5.73 Å². The number of sulfone groups is 1. The number of nitrogens with zero attached hydrogens (tertiary/aromatic N) is 1. The molecule has 2 rings (SSSR count). The summed E-state index contributed by atoms with van der Waals surface area (Å²) < 4.78 is 22.6. The molecule has 0 aromatic heterocycles. The summed E-state index contributed by atoms with van der Waals surface area (Å²) in [5.74, 6) is 1.57. The van der Waals surface area contributed by atoms with Crippen LogP contribution >= 0.6 is 0 Å². The van der Waals surface area contributed by atoms with E-state index in [1.54, 1.807) is 0 Å². The Kier molecular flexibility index (Phi) is 3.52. The summed E-state index contributed by atoms with van der Waals surface area (Å²) in [6.45, 7) is 0. The van der Waals surface area contributed by atoms with Gasteiger partial charge >= 0.3 is 0 Å². The molecule has 0 aromatic carbocycles. The lowest BCUT2D eigenvalue weighted by atomic mass is 9.88. The van der Waals surface area contributed by atoms with Crippen LogP contribution in [0, 0.1) is 5.92 Å². The first kappa shape index (κ1) is 11.9. The van der Waals surface area contributed by atoms with Gasteiger partial charge in [0.25, 0.3) is 0 Å². The third-order valence-electron chi connectivity index (χ3n) is 3.56. The van der Waals surface area contributed by atoms with Gasteiger partial charge < -0.3 is 5.73 Å². The van der Waals surface area contributed by atoms with Gasteiger partial charge in [0, 0.05) is 5.92 Å². The van der Waals surface area contributed by atoms with Gasteiger partial charge in [-0.1, -0.05) is 19.3 Å². The van der Waals surface area contributed by atoms with Crippen molar-refractivity contribution < 1.29 is 8.42 Å². The van der Waals surface area contributed by atoms with Crippen molar-refractivity contribution in [1.82, 2.24) is 0 Å². The minimum absolute atomic E-state index is 0.0769. The van der Waals surface area contributed by atoms with E-state index in [4.69, 9.17) is 5.73 Å². The molecule has 1 saturated carbocycles. The Morgan fingerprint density at radius 3 is 2.38 bits per heavy atom. The van der Waals surface area contributed by atoms with E-state index >= 15 is 0 Å². The fourth-order valence-corrected chi connectivity index (χ4v) is 4.22. The molecular formula is C11H20N2O2S. The maximum Gasteiger partial charge on any atom is 0.152 e. The van der Waals surface area contributed by atoms with E-state index < -0.39 is 9.84 Å². The quantitative estimate of drug-likeness (QED) is 0.584. The average molecular weight is 244 g/mol. The predicted octanol–water partition coefficient (Wildman–Crippen LogP) is 1.11. The van der Waals surface area contributed by atoms with Crippen LogP contribution in [0.4, 0.5) is 0 Å². The lowest BCUT2D eigenvalue weighted by Crippen LogP contribution is -2.28. The lowest BCUT2D eigenvalue weighted by molar-refractivity contribution is 0.435. The van der Waals surface area contributed by atoms with E-state index in [9.17, 15) is 8.42 Å². The van der Waals surface area contributed by atoms with Gasteiger partial charge in [0.05, 0.1) is 23.4 Å². The number of amidine groups is 1. The smallest absolute Gasteiger partial charge is 0.152 e. The fraction of sp³-hybridized carbons (Fsp3) is 0.909. The molecule has 1 atom stereocenters. The van der Waals surface area contributed by atoms with Gasteiger partial charge in [-0.2, -0.15) is 0 Å². The first-order valence-electron chi connectivity index (χ1n) is 6.10. The zero-order chi connectivity index (χ0) is 11.6. The topological polar surface area (TPSA) is 72.5 Å². The molecule has 5 heteroatoms. The van der Waals surface area contributed by atoms with E-state index in [-0.39, 0.29) is 17.5 Å². The number of hydrogen-bond donors (Lipinski definition) is 1. The predicted molar refractivity (Wildman–Crippen MR) is 65.3 cm³/mol. The van der Waals surface area contributed by atoms with Crippen LogP contribution in [-0.4, -0.2) is 31.8 Å². The van der Waals surface area contributed by atoms with E-state index in [1.165, 1.54) is 19.3 Å². The van der Waals surface area contributed by atoms with Gasteiger partial charge in [0.1, 0.15) is 0 Å². The maximum atomic E-state index is 11.3. The van der Waals surface area contributed by atoms with Crippen molar-refractivity contribution in [3.8, 4) is 0 Å². The molecule has 0 aromatic rings. The van der Waals surface area contributed by atoms with Crippen LogP contribution in [0.25, 0.3) is 0 Å². The van der Waals surface area contributed by atoms with Crippen LogP contribution in [0.2, 0.25) is 0 Å². The molecule has 2 aliphatic rings. The van der Waals surface area contributed by atoms with Crippen molar-refractivity contribution in [3.63, 3.8) is 0 Å². The number of rotatable bonds is 2. The molecule has 1 aliphatic carbocycles. The van der Waals surface area contributed by atoms with E-state index in [2.05, 4.69) is 4.99 Å². The molecule has 16 heavy (non-hydrogen) atoms. The van der Waals surface area contributed by atoms with Gasteiger partial charge in [-0.25, -0.2) is 8.42 Å². The minimum Gasteiger partial charge on any atom is -0.387 e. The van der Waals surface area contributed by atoms with Crippen LogP contribution in [0.3, 0.4) is 0 Å². The SMILES string of the molecule is NC(=NC1CCS(=O)(=O)C1)C1CCCCC1. The first-order chi connectivity index (χ1) is 7.57. The highest BCUT2D eigenvalue weighted by Crippen LogP contribution is 2.24. The molecule has 1 aliphatic heterocycles. The summed E-state index contributed by atoms with van der Waals surface area (Å²) in [5.41, 5.74) is 5.97. The molecule has 1 saturated heterocycles. The van der Waals surface area contributed by atoms with Crippen molar-refractivity contribution in [2.24, 2.45) is 16.6 Å². The van der Waals surface area contributed by atoms with Gasteiger partial charge in [0.2, 0.25) is 0 Å². The van der Waals surface area contributed by atoms with E-state index in [0.717, 1.165) is 12.8 Å². The lowest BCUT2D eigenvalue weighted by Gasteiger charge is -2.21. The summed E-state index contributed by atoms with van der Waals surface area (Å²) in [6.07, 6.45) is 6.63. The third kappa shape index (κ3) is 2.97. The first-order valence-corrected chi connectivity index (χ1v) is 7.92. The van der Waals surface area contributed by atoms with Gasteiger partial charge in [-0.15, -0.1) is 0 Å².